The Labute approximate surface area is 88.6 Å². The Bertz CT molecular complexity index is 415. The van der Waals surface area contributed by atoms with Gasteiger partial charge in [-0.3, -0.25) is 0 Å². The van der Waals surface area contributed by atoms with Gasteiger partial charge in [0.25, 0.3) is 0 Å². The topological polar surface area (TPSA) is 9.23 Å². The van der Waals surface area contributed by atoms with E-state index in [0.717, 1.165) is 0 Å². The molecule has 1 aromatic rings. The van der Waals surface area contributed by atoms with Gasteiger partial charge in [0.15, 0.2) is 6.67 Å². The summed E-state index contributed by atoms with van der Waals surface area (Å²) in [5.41, 5.74) is 0. The van der Waals surface area contributed by atoms with Gasteiger partial charge < -0.3 is 4.74 Å². The van der Waals surface area contributed by atoms with Gasteiger partial charge in [0.2, 0.25) is 34.8 Å². The number of ether oxygens (including phenoxy) is 1. The lowest BCUT2D eigenvalue weighted by atomic mass is 10.2. The summed E-state index contributed by atoms with van der Waals surface area (Å²) in [6.07, 6.45) is -4.70. The van der Waals surface area contributed by atoms with Gasteiger partial charge in [-0.25, -0.2) is 17.6 Å². The number of rotatable bonds is 3. The van der Waals surface area contributed by atoms with E-state index in [2.05, 4.69) is 4.74 Å². The van der Waals surface area contributed by atoms with E-state index in [1.165, 1.54) is 0 Å². The van der Waals surface area contributed by atoms with Crippen molar-refractivity contribution >= 4 is 0 Å². The number of hydrogen-bond donors (Lipinski definition) is 0. The van der Waals surface area contributed by atoms with E-state index < -0.39 is 47.6 Å². The summed E-state index contributed by atoms with van der Waals surface area (Å²) in [6.45, 7) is -2.49. The van der Waals surface area contributed by atoms with Gasteiger partial charge in [0.1, 0.15) is 0 Å². The molecule has 0 atom stereocenters. The Morgan fingerprint density at radius 2 is 1.12 bits per heavy atom. The summed E-state index contributed by atoms with van der Waals surface area (Å²) in [7, 11) is 0. The number of alkyl halides is 3. The first-order valence-electron chi connectivity index (χ1n) is 3.85. The molecular formula is C8H2F8O. The average Bonchev–Trinajstić information content (AvgIpc) is 2.30. The fourth-order valence-electron chi connectivity index (χ4n) is 0.851. The van der Waals surface area contributed by atoms with E-state index >= 15 is 0 Å². The predicted octanol–water partition coefficient (Wildman–Crippen LogP) is 3.32. The van der Waals surface area contributed by atoms with Crippen LogP contribution < -0.4 is 4.74 Å². The molecule has 9 heteroatoms. The number of hydrogen-bond acceptors (Lipinski definition) is 1. The molecule has 0 spiro atoms. The molecule has 0 saturated carbocycles. The van der Waals surface area contributed by atoms with Gasteiger partial charge >= 0.3 is 6.11 Å². The highest BCUT2D eigenvalue weighted by atomic mass is 19.3. The van der Waals surface area contributed by atoms with Crippen LogP contribution in [0.25, 0.3) is 0 Å². The van der Waals surface area contributed by atoms with Crippen molar-refractivity contribution in [3.05, 3.63) is 29.1 Å². The molecule has 0 heterocycles. The normalized spacial score (nSPS) is 11.8. The third-order valence-electron chi connectivity index (χ3n) is 1.58. The highest BCUT2D eigenvalue weighted by Crippen LogP contribution is 2.32. The SMILES string of the molecule is FCC(F)(F)Oc1c(F)c(F)c(F)c(F)c1F. The molecule has 0 amide bonds. The lowest BCUT2D eigenvalue weighted by molar-refractivity contribution is -0.189. The van der Waals surface area contributed by atoms with E-state index in [1.807, 2.05) is 0 Å². The minimum absolute atomic E-state index is 2.23. The zero-order chi connectivity index (χ0) is 13.4. The van der Waals surface area contributed by atoms with Crippen LogP contribution in [-0.4, -0.2) is 12.8 Å². The van der Waals surface area contributed by atoms with Gasteiger partial charge in [0.05, 0.1) is 0 Å². The molecule has 0 aliphatic rings. The van der Waals surface area contributed by atoms with Gasteiger partial charge in [-0.15, -0.1) is 0 Å². The monoisotopic (exact) mass is 266 g/mol. The fourth-order valence-corrected chi connectivity index (χ4v) is 0.851. The van der Waals surface area contributed by atoms with E-state index in [9.17, 15) is 35.1 Å². The minimum Gasteiger partial charge on any atom is -0.424 e. The summed E-state index contributed by atoms with van der Waals surface area (Å²) < 4.78 is 102. The van der Waals surface area contributed by atoms with Crippen LogP contribution in [0.15, 0.2) is 0 Å². The van der Waals surface area contributed by atoms with Gasteiger partial charge in [-0.2, -0.15) is 17.6 Å². The van der Waals surface area contributed by atoms with Crippen LogP contribution in [-0.2, 0) is 0 Å². The second-order valence-corrected chi connectivity index (χ2v) is 2.77. The Kier molecular flexibility index (Phi) is 3.48. The molecule has 0 aliphatic heterocycles. The molecular weight excluding hydrogens is 264 g/mol. The first-order valence-corrected chi connectivity index (χ1v) is 3.85. The second kappa shape index (κ2) is 4.38. The van der Waals surface area contributed by atoms with Crippen LogP contribution in [0.5, 0.6) is 5.75 Å². The quantitative estimate of drug-likeness (QED) is 0.463. The molecule has 1 aromatic carbocycles. The third kappa shape index (κ3) is 2.42. The average molecular weight is 266 g/mol. The zero-order valence-corrected chi connectivity index (χ0v) is 7.64. The van der Waals surface area contributed by atoms with Crippen molar-refractivity contribution in [1.29, 1.82) is 0 Å². The molecule has 0 aromatic heterocycles. The molecule has 0 N–H and O–H groups in total. The lowest BCUT2D eigenvalue weighted by Gasteiger charge is -2.16. The minimum atomic E-state index is -4.70. The molecule has 1 nitrogen and oxygen atoms in total. The largest absolute Gasteiger partial charge is 0.427 e. The van der Waals surface area contributed by atoms with Crippen LogP contribution in [0.2, 0.25) is 0 Å². The van der Waals surface area contributed by atoms with Crippen LogP contribution in [0.4, 0.5) is 35.1 Å². The van der Waals surface area contributed by atoms with Crippen molar-refractivity contribution in [3.63, 3.8) is 0 Å². The highest BCUT2D eigenvalue weighted by molar-refractivity contribution is 5.30. The van der Waals surface area contributed by atoms with Crippen molar-refractivity contribution in [1.82, 2.24) is 0 Å². The molecule has 0 aliphatic carbocycles. The van der Waals surface area contributed by atoms with E-state index in [4.69, 9.17) is 0 Å². The van der Waals surface area contributed by atoms with Gasteiger partial charge in [-0.05, 0) is 0 Å². The molecule has 0 unspecified atom stereocenters. The fraction of sp³-hybridized carbons (Fsp3) is 0.250. The van der Waals surface area contributed by atoms with Gasteiger partial charge in [-0.1, -0.05) is 0 Å². The van der Waals surface area contributed by atoms with Crippen molar-refractivity contribution in [3.8, 4) is 5.75 Å². The molecule has 17 heavy (non-hydrogen) atoms. The highest BCUT2D eigenvalue weighted by Gasteiger charge is 2.37. The Hall–Kier alpha value is -1.54. The van der Waals surface area contributed by atoms with Crippen molar-refractivity contribution in [2.45, 2.75) is 6.11 Å². The molecule has 96 valence electrons. The first kappa shape index (κ1) is 13.5. The maximum atomic E-state index is 12.8. The summed E-state index contributed by atoms with van der Waals surface area (Å²) in [6, 6.07) is 0. The van der Waals surface area contributed by atoms with Crippen LogP contribution in [0, 0.1) is 29.1 Å². The maximum absolute atomic E-state index is 12.8. The van der Waals surface area contributed by atoms with Crippen LogP contribution >= 0.6 is 0 Å². The van der Waals surface area contributed by atoms with Crippen LogP contribution in [0.1, 0.15) is 0 Å². The summed E-state index contributed by atoms with van der Waals surface area (Å²) in [4.78, 5) is 0. The number of benzene rings is 1. The summed E-state index contributed by atoms with van der Waals surface area (Å²) >= 11 is 0. The predicted molar refractivity (Wildman–Crippen MR) is 37.8 cm³/mol. The lowest BCUT2D eigenvalue weighted by Crippen LogP contribution is -2.28. The Morgan fingerprint density at radius 1 is 0.765 bits per heavy atom. The maximum Gasteiger partial charge on any atom is 0.427 e. The molecule has 0 saturated heterocycles. The van der Waals surface area contributed by atoms with Crippen molar-refractivity contribution in [2.24, 2.45) is 0 Å². The molecule has 0 radical (unpaired) electrons. The number of halogens is 8. The first-order chi connectivity index (χ1) is 7.71. The van der Waals surface area contributed by atoms with E-state index in [-0.39, 0.29) is 0 Å². The smallest absolute Gasteiger partial charge is 0.424 e. The van der Waals surface area contributed by atoms with E-state index in [0.29, 0.717) is 0 Å². The van der Waals surface area contributed by atoms with Crippen molar-refractivity contribution < 1.29 is 39.9 Å². The van der Waals surface area contributed by atoms with Crippen molar-refractivity contribution in [2.75, 3.05) is 6.67 Å². The molecule has 0 fully saturated rings. The molecule has 1 rings (SSSR count). The zero-order valence-electron chi connectivity index (χ0n) is 7.64. The standard InChI is InChI=1S/C8H2F8O/c9-1-8(15,16)17-7-5(13)3(11)2(10)4(12)6(7)14/h1H2. The van der Waals surface area contributed by atoms with Gasteiger partial charge in [0, 0.05) is 0 Å². The summed E-state index contributed by atoms with van der Waals surface area (Å²) in [5.74, 6) is -14.9. The van der Waals surface area contributed by atoms with E-state index in [1.54, 1.807) is 0 Å². The Morgan fingerprint density at radius 3 is 1.47 bits per heavy atom. The molecule has 0 bridgehead atoms. The second-order valence-electron chi connectivity index (χ2n) is 2.77. The summed E-state index contributed by atoms with van der Waals surface area (Å²) in [5, 5.41) is 0. The van der Waals surface area contributed by atoms with Crippen LogP contribution in [0.3, 0.4) is 0 Å². The third-order valence-corrected chi connectivity index (χ3v) is 1.58. The Balaban J connectivity index is 3.35.